The van der Waals surface area contributed by atoms with E-state index in [9.17, 15) is 13.2 Å². The molecule has 1 aromatic carbocycles. The molecule has 20 heavy (non-hydrogen) atoms. The van der Waals surface area contributed by atoms with Gasteiger partial charge in [0.05, 0.1) is 4.90 Å². The molecule has 2 atom stereocenters. The molecule has 1 fully saturated rings. The summed E-state index contributed by atoms with van der Waals surface area (Å²) in [5.41, 5.74) is 0.628. The molecule has 0 spiro atoms. The fraction of sp³-hybridized carbons (Fsp3) is 0.500. The Balaban J connectivity index is 2.01. The third kappa shape index (κ3) is 3.58. The van der Waals surface area contributed by atoms with E-state index in [-0.39, 0.29) is 16.7 Å². The Morgan fingerprint density at radius 3 is 2.40 bits per heavy atom. The van der Waals surface area contributed by atoms with Crippen LogP contribution in [-0.2, 0) is 14.8 Å². The summed E-state index contributed by atoms with van der Waals surface area (Å²) in [5, 5.41) is 2.80. The molecule has 0 radical (unpaired) electrons. The summed E-state index contributed by atoms with van der Waals surface area (Å²) in [4.78, 5) is 12.0. The number of rotatable bonds is 6. The molecule has 0 heterocycles. The van der Waals surface area contributed by atoms with Crippen molar-refractivity contribution in [1.82, 2.24) is 4.72 Å². The average molecular weight is 296 g/mol. The fourth-order valence-corrected chi connectivity index (χ4v) is 3.09. The van der Waals surface area contributed by atoms with Gasteiger partial charge in [-0.1, -0.05) is 13.8 Å². The van der Waals surface area contributed by atoms with Crippen LogP contribution in [0.25, 0.3) is 0 Å². The summed E-state index contributed by atoms with van der Waals surface area (Å²) in [7, 11) is -3.44. The maximum atomic E-state index is 11.9. The van der Waals surface area contributed by atoms with Crippen molar-refractivity contribution in [3.63, 3.8) is 0 Å². The highest BCUT2D eigenvalue weighted by Crippen LogP contribution is 2.38. The second-order valence-corrected chi connectivity index (χ2v) is 7.00. The summed E-state index contributed by atoms with van der Waals surface area (Å²) in [6.45, 7) is 4.36. The van der Waals surface area contributed by atoms with Crippen molar-refractivity contribution in [2.75, 3.05) is 11.9 Å². The van der Waals surface area contributed by atoms with Gasteiger partial charge >= 0.3 is 0 Å². The van der Waals surface area contributed by atoms with Crippen molar-refractivity contribution in [3.05, 3.63) is 24.3 Å². The number of benzene rings is 1. The average Bonchev–Trinajstić information content (AvgIpc) is 3.14. The third-order valence-electron chi connectivity index (χ3n) is 3.42. The molecule has 1 saturated carbocycles. The first-order valence-electron chi connectivity index (χ1n) is 6.84. The summed E-state index contributed by atoms with van der Waals surface area (Å²) < 4.78 is 26.3. The Labute approximate surface area is 119 Å². The predicted octanol–water partition coefficient (Wildman–Crippen LogP) is 1.97. The molecule has 5 nitrogen and oxygen atoms in total. The Bertz CT molecular complexity index is 581. The zero-order chi connectivity index (χ0) is 14.8. The lowest BCUT2D eigenvalue weighted by Gasteiger charge is -2.08. The standard InChI is InChI=1S/C14H20N2O3S/c1-3-8-15-20(18,19)12-6-4-11(5-7-12)16-14(17)13-9-10(13)2/h4-7,10,13,15H,3,8-9H2,1-2H3,(H,16,17). The Morgan fingerprint density at radius 1 is 1.30 bits per heavy atom. The van der Waals surface area contributed by atoms with Crippen molar-refractivity contribution >= 4 is 21.6 Å². The molecule has 0 aromatic heterocycles. The van der Waals surface area contributed by atoms with Gasteiger partial charge < -0.3 is 5.32 Å². The number of hydrogen-bond acceptors (Lipinski definition) is 3. The summed E-state index contributed by atoms with van der Waals surface area (Å²) in [5.74, 6) is 0.565. The van der Waals surface area contributed by atoms with E-state index in [1.54, 1.807) is 12.1 Å². The highest BCUT2D eigenvalue weighted by molar-refractivity contribution is 7.89. The topological polar surface area (TPSA) is 75.3 Å². The minimum absolute atomic E-state index is 0.0113. The summed E-state index contributed by atoms with van der Waals surface area (Å²) in [6, 6.07) is 6.24. The van der Waals surface area contributed by atoms with Gasteiger partial charge in [-0.15, -0.1) is 0 Å². The number of anilines is 1. The molecule has 6 heteroatoms. The maximum absolute atomic E-state index is 11.9. The van der Waals surface area contributed by atoms with Crippen LogP contribution in [0.1, 0.15) is 26.7 Å². The van der Waals surface area contributed by atoms with Gasteiger partial charge in [0.1, 0.15) is 0 Å². The smallest absolute Gasteiger partial charge is 0.240 e. The van der Waals surface area contributed by atoms with Crippen LogP contribution < -0.4 is 10.0 Å². The summed E-state index contributed by atoms with van der Waals surface area (Å²) >= 11 is 0. The first kappa shape index (κ1) is 15.0. The number of carbonyl (C=O) groups excluding carboxylic acids is 1. The van der Waals surface area contributed by atoms with E-state index < -0.39 is 10.0 Å². The maximum Gasteiger partial charge on any atom is 0.240 e. The first-order chi connectivity index (χ1) is 9.44. The fourth-order valence-electron chi connectivity index (χ4n) is 1.96. The van der Waals surface area contributed by atoms with Crippen molar-refractivity contribution in [2.24, 2.45) is 11.8 Å². The van der Waals surface area contributed by atoms with Gasteiger partial charge in [0.25, 0.3) is 0 Å². The van der Waals surface area contributed by atoms with Crippen LogP contribution in [0.5, 0.6) is 0 Å². The third-order valence-corrected chi connectivity index (χ3v) is 4.90. The molecule has 1 aliphatic rings. The minimum Gasteiger partial charge on any atom is -0.326 e. The molecule has 1 aliphatic carbocycles. The van der Waals surface area contributed by atoms with Crippen molar-refractivity contribution in [1.29, 1.82) is 0 Å². The van der Waals surface area contributed by atoms with E-state index in [1.165, 1.54) is 12.1 Å². The lowest BCUT2D eigenvalue weighted by molar-refractivity contribution is -0.117. The van der Waals surface area contributed by atoms with E-state index in [0.29, 0.717) is 18.2 Å². The van der Waals surface area contributed by atoms with Gasteiger partial charge in [-0.25, -0.2) is 13.1 Å². The molecule has 2 N–H and O–H groups in total. The molecule has 2 rings (SSSR count). The second-order valence-electron chi connectivity index (χ2n) is 5.23. The highest BCUT2D eigenvalue weighted by Gasteiger charge is 2.39. The number of hydrogen-bond donors (Lipinski definition) is 2. The zero-order valence-corrected chi connectivity index (χ0v) is 12.5. The molecule has 0 saturated heterocycles. The molecular weight excluding hydrogens is 276 g/mol. The Kier molecular flexibility index (Phi) is 4.45. The van der Waals surface area contributed by atoms with Gasteiger partial charge in [0.2, 0.25) is 15.9 Å². The van der Waals surface area contributed by atoms with Gasteiger partial charge in [-0.2, -0.15) is 0 Å². The highest BCUT2D eigenvalue weighted by atomic mass is 32.2. The molecular formula is C14H20N2O3S. The number of amides is 1. The van der Waals surface area contributed by atoms with Gasteiger partial charge in [0.15, 0.2) is 0 Å². The van der Waals surface area contributed by atoms with Gasteiger partial charge in [-0.05, 0) is 43.0 Å². The van der Waals surface area contributed by atoms with E-state index in [0.717, 1.165) is 12.8 Å². The van der Waals surface area contributed by atoms with Gasteiger partial charge in [0, 0.05) is 18.2 Å². The number of carbonyl (C=O) groups is 1. The quantitative estimate of drug-likeness (QED) is 0.842. The number of sulfonamides is 1. The van der Waals surface area contributed by atoms with Gasteiger partial charge in [-0.3, -0.25) is 4.79 Å². The second kappa shape index (κ2) is 5.93. The monoisotopic (exact) mass is 296 g/mol. The van der Waals surface area contributed by atoms with Crippen molar-refractivity contribution in [2.45, 2.75) is 31.6 Å². The van der Waals surface area contributed by atoms with E-state index in [1.807, 2.05) is 13.8 Å². The Hall–Kier alpha value is -1.40. The van der Waals surface area contributed by atoms with E-state index in [2.05, 4.69) is 10.0 Å². The SMILES string of the molecule is CCCNS(=O)(=O)c1ccc(NC(=O)C2CC2C)cc1. The minimum atomic E-state index is -3.44. The predicted molar refractivity (Wildman–Crippen MR) is 77.8 cm³/mol. The summed E-state index contributed by atoms with van der Waals surface area (Å²) in [6.07, 6.45) is 1.67. The Morgan fingerprint density at radius 2 is 1.90 bits per heavy atom. The van der Waals surface area contributed by atoms with E-state index >= 15 is 0 Å². The van der Waals surface area contributed by atoms with Crippen LogP contribution in [0.4, 0.5) is 5.69 Å². The molecule has 1 amide bonds. The van der Waals surface area contributed by atoms with Crippen LogP contribution in [0.3, 0.4) is 0 Å². The van der Waals surface area contributed by atoms with Crippen LogP contribution in [-0.4, -0.2) is 20.9 Å². The lowest BCUT2D eigenvalue weighted by Crippen LogP contribution is -2.24. The van der Waals surface area contributed by atoms with Crippen molar-refractivity contribution in [3.8, 4) is 0 Å². The normalized spacial score (nSPS) is 21.5. The lowest BCUT2D eigenvalue weighted by atomic mass is 10.3. The molecule has 0 bridgehead atoms. The molecule has 0 aliphatic heterocycles. The van der Waals surface area contributed by atoms with Crippen LogP contribution >= 0.6 is 0 Å². The molecule has 1 aromatic rings. The molecule has 110 valence electrons. The molecule has 2 unspecified atom stereocenters. The van der Waals surface area contributed by atoms with Crippen LogP contribution in [0.2, 0.25) is 0 Å². The first-order valence-corrected chi connectivity index (χ1v) is 8.33. The van der Waals surface area contributed by atoms with Crippen molar-refractivity contribution < 1.29 is 13.2 Å². The zero-order valence-electron chi connectivity index (χ0n) is 11.7. The number of nitrogens with one attached hydrogen (secondary N) is 2. The van der Waals surface area contributed by atoms with Crippen LogP contribution in [0, 0.1) is 11.8 Å². The van der Waals surface area contributed by atoms with Crippen LogP contribution in [0.15, 0.2) is 29.2 Å². The largest absolute Gasteiger partial charge is 0.326 e. The van der Waals surface area contributed by atoms with E-state index in [4.69, 9.17) is 0 Å².